The first-order chi connectivity index (χ1) is 12.1. The summed E-state index contributed by atoms with van der Waals surface area (Å²) in [5, 5.41) is 15.2. The fraction of sp³-hybridized carbons (Fsp3) is 0.263. The van der Waals surface area contributed by atoms with Gasteiger partial charge in [-0.15, -0.1) is 10.2 Å². The van der Waals surface area contributed by atoms with Crippen molar-refractivity contribution in [3.05, 3.63) is 65.7 Å². The van der Waals surface area contributed by atoms with E-state index in [1.165, 1.54) is 15.9 Å². The molecule has 2 aromatic carbocycles. The quantitative estimate of drug-likeness (QED) is 0.751. The van der Waals surface area contributed by atoms with E-state index in [-0.39, 0.29) is 18.4 Å². The molecule has 3 aromatic rings. The van der Waals surface area contributed by atoms with Gasteiger partial charge >= 0.3 is 0 Å². The molecule has 1 amide bonds. The Bertz CT molecular complexity index is 827. The number of rotatable bonds is 6. The van der Waals surface area contributed by atoms with E-state index in [1.807, 2.05) is 49.4 Å². The molecule has 1 unspecified atom stereocenters. The lowest BCUT2D eigenvalue weighted by molar-refractivity contribution is -0.122. The molecule has 0 spiro atoms. The number of aromatic nitrogens is 4. The van der Waals surface area contributed by atoms with E-state index in [2.05, 4.69) is 39.8 Å². The van der Waals surface area contributed by atoms with Crippen LogP contribution in [-0.2, 0) is 11.3 Å². The molecule has 1 atom stereocenters. The predicted octanol–water partition coefficient (Wildman–Crippen LogP) is 2.57. The number of hydrogen-bond donors (Lipinski definition) is 1. The molecule has 0 aliphatic rings. The van der Waals surface area contributed by atoms with Crippen molar-refractivity contribution in [2.45, 2.75) is 26.3 Å². The average Bonchev–Trinajstić information content (AvgIpc) is 3.09. The molecule has 1 N–H and O–H groups in total. The van der Waals surface area contributed by atoms with Crippen molar-refractivity contribution in [2.24, 2.45) is 0 Å². The molecule has 128 valence electrons. The maximum atomic E-state index is 12.1. The van der Waals surface area contributed by atoms with Crippen LogP contribution < -0.4 is 5.32 Å². The molecule has 25 heavy (non-hydrogen) atoms. The second-order valence-electron chi connectivity index (χ2n) is 6.13. The first-order valence-electron chi connectivity index (χ1n) is 8.28. The Balaban J connectivity index is 1.54. The van der Waals surface area contributed by atoms with Crippen molar-refractivity contribution in [2.75, 3.05) is 6.54 Å². The monoisotopic (exact) mass is 335 g/mol. The molecule has 0 bridgehead atoms. The topological polar surface area (TPSA) is 72.7 Å². The Morgan fingerprint density at radius 2 is 1.84 bits per heavy atom. The molecule has 0 aliphatic heterocycles. The van der Waals surface area contributed by atoms with Crippen molar-refractivity contribution in [3.8, 4) is 11.4 Å². The van der Waals surface area contributed by atoms with E-state index >= 15 is 0 Å². The highest BCUT2D eigenvalue weighted by molar-refractivity contribution is 5.75. The molecular weight excluding hydrogens is 314 g/mol. The lowest BCUT2D eigenvalue weighted by Crippen LogP contribution is -2.31. The van der Waals surface area contributed by atoms with Gasteiger partial charge in [-0.2, -0.15) is 4.80 Å². The van der Waals surface area contributed by atoms with Crippen LogP contribution in [0.1, 0.15) is 24.0 Å². The Morgan fingerprint density at radius 3 is 2.56 bits per heavy atom. The summed E-state index contributed by atoms with van der Waals surface area (Å²) in [6.07, 6.45) is 0. The minimum absolute atomic E-state index is 0.0559. The third-order valence-corrected chi connectivity index (χ3v) is 4.02. The minimum atomic E-state index is -0.129. The number of nitrogens with zero attached hydrogens (tertiary/aromatic N) is 4. The smallest absolute Gasteiger partial charge is 0.243 e. The van der Waals surface area contributed by atoms with Crippen LogP contribution in [0.25, 0.3) is 11.4 Å². The lowest BCUT2D eigenvalue weighted by Gasteiger charge is -2.12. The summed E-state index contributed by atoms with van der Waals surface area (Å²) in [5.74, 6) is 0.637. The highest BCUT2D eigenvalue weighted by Gasteiger charge is 2.11. The molecule has 3 rings (SSSR count). The van der Waals surface area contributed by atoms with Gasteiger partial charge in [0.2, 0.25) is 11.7 Å². The fourth-order valence-electron chi connectivity index (χ4n) is 2.48. The van der Waals surface area contributed by atoms with E-state index in [0.717, 1.165) is 5.56 Å². The normalized spacial score (nSPS) is 11.9. The number of tetrazole rings is 1. The average molecular weight is 335 g/mol. The maximum Gasteiger partial charge on any atom is 0.243 e. The SMILES string of the molecule is Cc1ccc(-c2nnn(CC(=O)NCC(C)c3ccccc3)n2)cc1. The Morgan fingerprint density at radius 1 is 1.12 bits per heavy atom. The zero-order valence-electron chi connectivity index (χ0n) is 14.4. The Hall–Kier alpha value is -3.02. The van der Waals surface area contributed by atoms with E-state index in [1.54, 1.807) is 0 Å². The first-order valence-corrected chi connectivity index (χ1v) is 8.28. The largest absolute Gasteiger partial charge is 0.354 e. The van der Waals surface area contributed by atoms with Gasteiger partial charge in [-0.1, -0.05) is 67.1 Å². The molecule has 0 aliphatic carbocycles. The molecule has 6 heteroatoms. The number of amides is 1. The van der Waals surface area contributed by atoms with Gasteiger partial charge in [-0.05, 0) is 23.6 Å². The Labute approximate surface area is 146 Å². The van der Waals surface area contributed by atoms with Gasteiger partial charge in [0, 0.05) is 12.1 Å². The molecule has 6 nitrogen and oxygen atoms in total. The summed E-state index contributed by atoms with van der Waals surface area (Å²) in [6, 6.07) is 18.0. The highest BCUT2D eigenvalue weighted by atomic mass is 16.2. The van der Waals surface area contributed by atoms with E-state index < -0.39 is 0 Å². The Kier molecular flexibility index (Phi) is 5.18. The van der Waals surface area contributed by atoms with Gasteiger partial charge in [0.1, 0.15) is 6.54 Å². The third-order valence-electron chi connectivity index (χ3n) is 4.02. The van der Waals surface area contributed by atoms with Crippen molar-refractivity contribution in [1.82, 2.24) is 25.5 Å². The van der Waals surface area contributed by atoms with Crippen molar-refractivity contribution >= 4 is 5.91 Å². The maximum absolute atomic E-state index is 12.1. The van der Waals surface area contributed by atoms with Crippen molar-refractivity contribution in [1.29, 1.82) is 0 Å². The second kappa shape index (κ2) is 7.70. The molecule has 0 fully saturated rings. The summed E-state index contributed by atoms with van der Waals surface area (Å²) in [4.78, 5) is 13.4. The van der Waals surface area contributed by atoms with Crippen molar-refractivity contribution < 1.29 is 4.79 Å². The van der Waals surface area contributed by atoms with Crippen LogP contribution in [0.3, 0.4) is 0 Å². The van der Waals surface area contributed by atoms with E-state index in [0.29, 0.717) is 12.4 Å². The molecule has 1 aromatic heterocycles. The lowest BCUT2D eigenvalue weighted by atomic mass is 10.0. The summed E-state index contributed by atoms with van der Waals surface area (Å²) in [5.41, 5.74) is 3.25. The first kappa shape index (κ1) is 16.8. The fourth-order valence-corrected chi connectivity index (χ4v) is 2.48. The highest BCUT2D eigenvalue weighted by Crippen LogP contribution is 2.14. The standard InChI is InChI=1S/C19H21N5O/c1-14-8-10-17(11-9-14)19-21-23-24(22-19)13-18(25)20-12-15(2)16-6-4-3-5-7-16/h3-11,15H,12-13H2,1-2H3,(H,20,25). The van der Waals surface area contributed by atoms with Gasteiger partial charge < -0.3 is 5.32 Å². The number of hydrogen-bond acceptors (Lipinski definition) is 4. The van der Waals surface area contributed by atoms with Crippen LogP contribution in [0.5, 0.6) is 0 Å². The summed E-state index contributed by atoms with van der Waals surface area (Å²) >= 11 is 0. The van der Waals surface area contributed by atoms with Crippen LogP contribution in [0.2, 0.25) is 0 Å². The van der Waals surface area contributed by atoms with Crippen LogP contribution in [0.4, 0.5) is 0 Å². The van der Waals surface area contributed by atoms with Gasteiger partial charge in [0.25, 0.3) is 0 Å². The predicted molar refractivity (Wildman–Crippen MR) is 95.9 cm³/mol. The molecular formula is C19H21N5O. The minimum Gasteiger partial charge on any atom is -0.354 e. The number of nitrogens with one attached hydrogen (secondary N) is 1. The zero-order chi connectivity index (χ0) is 17.6. The van der Waals surface area contributed by atoms with Crippen LogP contribution in [0, 0.1) is 6.92 Å². The number of carbonyl (C=O) groups is 1. The van der Waals surface area contributed by atoms with Crippen molar-refractivity contribution in [3.63, 3.8) is 0 Å². The van der Waals surface area contributed by atoms with Crippen LogP contribution in [-0.4, -0.2) is 32.7 Å². The molecule has 0 saturated heterocycles. The van der Waals surface area contributed by atoms with Gasteiger partial charge in [-0.3, -0.25) is 4.79 Å². The van der Waals surface area contributed by atoms with Crippen LogP contribution in [0.15, 0.2) is 54.6 Å². The molecule has 1 heterocycles. The summed E-state index contributed by atoms with van der Waals surface area (Å²) in [7, 11) is 0. The van der Waals surface area contributed by atoms with E-state index in [9.17, 15) is 4.79 Å². The second-order valence-corrected chi connectivity index (χ2v) is 6.13. The number of aryl methyl sites for hydroxylation is 1. The summed E-state index contributed by atoms with van der Waals surface area (Å²) < 4.78 is 0. The summed E-state index contributed by atoms with van der Waals surface area (Å²) in [6.45, 7) is 4.73. The number of carbonyl (C=O) groups excluding carboxylic acids is 1. The van der Waals surface area contributed by atoms with Gasteiger partial charge in [0.05, 0.1) is 0 Å². The zero-order valence-corrected chi connectivity index (χ0v) is 14.4. The van der Waals surface area contributed by atoms with Crippen LogP contribution >= 0.6 is 0 Å². The van der Waals surface area contributed by atoms with E-state index in [4.69, 9.17) is 0 Å². The third kappa shape index (κ3) is 4.50. The number of benzene rings is 2. The van der Waals surface area contributed by atoms with Gasteiger partial charge in [-0.25, -0.2) is 0 Å². The van der Waals surface area contributed by atoms with Gasteiger partial charge in [0.15, 0.2) is 0 Å². The molecule has 0 saturated carbocycles. The molecule has 0 radical (unpaired) electrons.